The molecule has 0 saturated carbocycles. The average molecular weight is 316 g/mol. The van der Waals surface area contributed by atoms with Gasteiger partial charge in [0.1, 0.15) is 5.69 Å². The minimum Gasteiger partial charge on any atom is -0.396 e. The van der Waals surface area contributed by atoms with Crippen molar-refractivity contribution < 1.29 is 9.90 Å². The molecular weight excluding hydrogens is 292 g/mol. The molecule has 0 aliphatic rings. The summed E-state index contributed by atoms with van der Waals surface area (Å²) in [5.41, 5.74) is 1.09. The summed E-state index contributed by atoms with van der Waals surface area (Å²) in [6.45, 7) is 4.83. The van der Waals surface area contributed by atoms with E-state index in [1.807, 2.05) is 12.3 Å². The minimum absolute atomic E-state index is 0.0655. The van der Waals surface area contributed by atoms with Crippen molar-refractivity contribution in [3.8, 4) is 5.69 Å². The first kappa shape index (κ1) is 17.1. The summed E-state index contributed by atoms with van der Waals surface area (Å²) < 4.78 is 1.69. The standard InChI is InChI=1S/C17H24N4O2/c1-3-17(4-2,7-11-22)13-19-16(23)15-12-14(6-9-18-15)21-10-5-8-20-21/h5-6,8-10,12,22H,3-4,7,11,13H2,1-2H3,(H,19,23). The maximum Gasteiger partial charge on any atom is 0.269 e. The van der Waals surface area contributed by atoms with Gasteiger partial charge in [0.05, 0.1) is 5.69 Å². The second-order valence-electron chi connectivity index (χ2n) is 5.71. The molecule has 23 heavy (non-hydrogen) atoms. The number of amides is 1. The minimum atomic E-state index is -0.205. The fourth-order valence-corrected chi connectivity index (χ4v) is 2.65. The summed E-state index contributed by atoms with van der Waals surface area (Å²) in [7, 11) is 0. The molecule has 0 atom stereocenters. The number of carbonyl (C=O) groups is 1. The lowest BCUT2D eigenvalue weighted by molar-refractivity contribution is 0.0902. The maximum absolute atomic E-state index is 12.4. The third-order valence-electron chi connectivity index (χ3n) is 4.51. The number of nitrogens with one attached hydrogen (secondary N) is 1. The topological polar surface area (TPSA) is 80.0 Å². The fraction of sp³-hybridized carbons (Fsp3) is 0.471. The van der Waals surface area contributed by atoms with Crippen LogP contribution >= 0.6 is 0 Å². The lowest BCUT2D eigenvalue weighted by Gasteiger charge is -2.31. The van der Waals surface area contributed by atoms with Gasteiger partial charge in [-0.25, -0.2) is 4.68 Å². The molecule has 6 nitrogen and oxygen atoms in total. The lowest BCUT2D eigenvalue weighted by Crippen LogP contribution is -2.38. The van der Waals surface area contributed by atoms with Gasteiger partial charge in [-0.05, 0) is 42.9 Å². The molecule has 0 spiro atoms. The van der Waals surface area contributed by atoms with Crippen LogP contribution in [0.5, 0.6) is 0 Å². The van der Waals surface area contributed by atoms with E-state index in [4.69, 9.17) is 0 Å². The van der Waals surface area contributed by atoms with E-state index in [0.29, 0.717) is 18.7 Å². The van der Waals surface area contributed by atoms with E-state index in [0.717, 1.165) is 18.5 Å². The molecule has 0 aliphatic heterocycles. The number of nitrogens with zero attached hydrogens (tertiary/aromatic N) is 3. The Kier molecular flexibility index (Phi) is 5.87. The van der Waals surface area contributed by atoms with Gasteiger partial charge >= 0.3 is 0 Å². The Hall–Kier alpha value is -2.21. The fourth-order valence-electron chi connectivity index (χ4n) is 2.65. The van der Waals surface area contributed by atoms with Gasteiger partial charge in [0.25, 0.3) is 5.91 Å². The number of hydrogen-bond donors (Lipinski definition) is 2. The van der Waals surface area contributed by atoms with E-state index < -0.39 is 0 Å². The molecule has 0 aromatic carbocycles. The van der Waals surface area contributed by atoms with Gasteiger partial charge < -0.3 is 10.4 Å². The van der Waals surface area contributed by atoms with Crippen LogP contribution in [0.1, 0.15) is 43.6 Å². The van der Waals surface area contributed by atoms with Crippen molar-refractivity contribution in [1.29, 1.82) is 0 Å². The molecule has 124 valence electrons. The van der Waals surface area contributed by atoms with E-state index in [1.165, 1.54) is 0 Å². The highest BCUT2D eigenvalue weighted by Gasteiger charge is 2.26. The van der Waals surface area contributed by atoms with Gasteiger partial charge in [0.15, 0.2) is 0 Å². The third-order valence-corrected chi connectivity index (χ3v) is 4.51. The smallest absolute Gasteiger partial charge is 0.269 e. The highest BCUT2D eigenvalue weighted by molar-refractivity contribution is 5.92. The van der Waals surface area contributed by atoms with Gasteiger partial charge in [0, 0.05) is 31.7 Å². The Balaban J connectivity index is 2.07. The molecule has 2 rings (SSSR count). The van der Waals surface area contributed by atoms with E-state index in [1.54, 1.807) is 29.2 Å². The summed E-state index contributed by atoms with van der Waals surface area (Å²) >= 11 is 0. The first-order valence-corrected chi connectivity index (χ1v) is 7.99. The molecule has 0 aliphatic carbocycles. The predicted octanol–water partition coefficient (Wildman–Crippen LogP) is 2.19. The van der Waals surface area contributed by atoms with Crippen molar-refractivity contribution in [3.05, 3.63) is 42.5 Å². The second-order valence-corrected chi connectivity index (χ2v) is 5.71. The number of aromatic nitrogens is 3. The summed E-state index contributed by atoms with van der Waals surface area (Å²) in [6.07, 6.45) is 7.60. The number of rotatable bonds is 8. The van der Waals surface area contributed by atoms with Gasteiger partial charge in [-0.3, -0.25) is 9.78 Å². The summed E-state index contributed by atoms with van der Waals surface area (Å²) in [6, 6.07) is 5.35. The summed E-state index contributed by atoms with van der Waals surface area (Å²) in [5, 5.41) is 16.4. The van der Waals surface area contributed by atoms with E-state index in [9.17, 15) is 9.90 Å². The number of hydrogen-bond acceptors (Lipinski definition) is 4. The predicted molar refractivity (Wildman–Crippen MR) is 88.4 cm³/mol. The van der Waals surface area contributed by atoms with Gasteiger partial charge in [-0.2, -0.15) is 5.10 Å². The van der Waals surface area contributed by atoms with Crippen molar-refractivity contribution in [2.24, 2.45) is 5.41 Å². The normalized spacial score (nSPS) is 11.4. The molecule has 2 aromatic heterocycles. The lowest BCUT2D eigenvalue weighted by atomic mass is 9.79. The van der Waals surface area contributed by atoms with Crippen LogP contribution in [0.4, 0.5) is 0 Å². The number of carbonyl (C=O) groups excluding carboxylic acids is 1. The van der Waals surface area contributed by atoms with Crippen LogP contribution in [0.15, 0.2) is 36.8 Å². The van der Waals surface area contributed by atoms with Gasteiger partial charge in [-0.15, -0.1) is 0 Å². The molecule has 2 aromatic rings. The Morgan fingerprint density at radius 3 is 2.74 bits per heavy atom. The van der Waals surface area contributed by atoms with E-state index in [-0.39, 0.29) is 17.9 Å². The quantitative estimate of drug-likeness (QED) is 0.782. The zero-order valence-corrected chi connectivity index (χ0v) is 13.7. The van der Waals surface area contributed by atoms with E-state index >= 15 is 0 Å². The molecule has 0 radical (unpaired) electrons. The third kappa shape index (κ3) is 4.16. The molecule has 0 bridgehead atoms. The Bertz CT molecular complexity index is 621. The number of aliphatic hydroxyl groups is 1. The first-order chi connectivity index (χ1) is 11.1. The van der Waals surface area contributed by atoms with Crippen molar-refractivity contribution in [2.45, 2.75) is 33.1 Å². The Labute approximate surface area is 136 Å². The number of aliphatic hydroxyl groups excluding tert-OH is 1. The van der Waals surface area contributed by atoms with Crippen molar-refractivity contribution in [2.75, 3.05) is 13.2 Å². The van der Waals surface area contributed by atoms with Gasteiger partial charge in [-0.1, -0.05) is 13.8 Å². The molecule has 0 unspecified atom stereocenters. The van der Waals surface area contributed by atoms with E-state index in [2.05, 4.69) is 29.2 Å². The summed E-state index contributed by atoms with van der Waals surface area (Å²) in [5.74, 6) is -0.205. The molecule has 1 amide bonds. The first-order valence-electron chi connectivity index (χ1n) is 7.99. The van der Waals surface area contributed by atoms with Crippen LogP contribution in [0.25, 0.3) is 5.69 Å². The monoisotopic (exact) mass is 316 g/mol. The summed E-state index contributed by atoms with van der Waals surface area (Å²) in [4.78, 5) is 16.5. The molecular formula is C17H24N4O2. The van der Waals surface area contributed by atoms with Crippen LogP contribution in [-0.2, 0) is 0 Å². The zero-order valence-electron chi connectivity index (χ0n) is 13.7. The molecule has 6 heteroatoms. The van der Waals surface area contributed by atoms with Crippen molar-refractivity contribution in [3.63, 3.8) is 0 Å². The SMILES string of the molecule is CCC(CC)(CCO)CNC(=O)c1cc(-n2cccn2)ccn1. The van der Waals surface area contributed by atoms with Crippen LogP contribution in [0.2, 0.25) is 0 Å². The van der Waals surface area contributed by atoms with Gasteiger partial charge in [0.2, 0.25) is 0 Å². The Morgan fingerprint density at radius 1 is 1.35 bits per heavy atom. The maximum atomic E-state index is 12.4. The second kappa shape index (κ2) is 7.87. The van der Waals surface area contributed by atoms with Crippen LogP contribution in [-0.4, -0.2) is 38.9 Å². The molecule has 0 saturated heterocycles. The molecule has 2 N–H and O–H groups in total. The number of pyridine rings is 1. The highest BCUT2D eigenvalue weighted by atomic mass is 16.3. The molecule has 2 heterocycles. The van der Waals surface area contributed by atoms with Crippen LogP contribution in [0.3, 0.4) is 0 Å². The van der Waals surface area contributed by atoms with Crippen LogP contribution < -0.4 is 5.32 Å². The Morgan fingerprint density at radius 2 is 2.13 bits per heavy atom. The van der Waals surface area contributed by atoms with Crippen molar-refractivity contribution >= 4 is 5.91 Å². The van der Waals surface area contributed by atoms with Crippen LogP contribution in [0, 0.1) is 5.41 Å². The van der Waals surface area contributed by atoms with Crippen molar-refractivity contribution in [1.82, 2.24) is 20.1 Å². The highest BCUT2D eigenvalue weighted by Crippen LogP contribution is 2.29. The zero-order chi connectivity index (χ0) is 16.7. The largest absolute Gasteiger partial charge is 0.396 e. The average Bonchev–Trinajstić information content (AvgIpc) is 3.13. The molecule has 0 fully saturated rings.